The second-order valence-corrected chi connectivity index (χ2v) is 6.45. The van der Waals surface area contributed by atoms with E-state index in [1.807, 2.05) is 19.9 Å². The van der Waals surface area contributed by atoms with Crippen molar-refractivity contribution in [2.75, 3.05) is 5.43 Å². The molecule has 1 heterocycles. The first kappa shape index (κ1) is 21.1. The van der Waals surface area contributed by atoms with E-state index in [0.29, 0.717) is 5.75 Å². The predicted octanol–water partition coefficient (Wildman–Crippen LogP) is 3.46. The summed E-state index contributed by atoms with van der Waals surface area (Å²) in [5.74, 6) is -1.05. The highest BCUT2D eigenvalue weighted by molar-refractivity contribution is 5.95. The van der Waals surface area contributed by atoms with Crippen molar-refractivity contribution in [3.05, 3.63) is 85.7 Å². The topological polar surface area (TPSA) is 162 Å². The van der Waals surface area contributed by atoms with Gasteiger partial charge in [0.15, 0.2) is 0 Å². The lowest BCUT2D eigenvalue weighted by Crippen LogP contribution is -2.30. The number of aryl methyl sites for hydroxylation is 2. The largest absolute Gasteiger partial charge is 0.434 e. The van der Waals surface area contributed by atoms with E-state index in [-0.39, 0.29) is 22.9 Å². The molecule has 31 heavy (non-hydrogen) atoms. The van der Waals surface area contributed by atoms with E-state index in [1.54, 1.807) is 12.1 Å². The smallest absolute Gasteiger partial charge is 0.374 e. The summed E-state index contributed by atoms with van der Waals surface area (Å²) in [4.78, 5) is 41.0. The molecule has 2 N–H and O–H groups in total. The summed E-state index contributed by atoms with van der Waals surface area (Å²) >= 11 is 0. The number of hydrogen-bond donors (Lipinski definition) is 2. The highest BCUT2D eigenvalue weighted by Gasteiger charge is 2.26. The Bertz CT molecular complexity index is 1160. The maximum Gasteiger partial charge on any atom is 0.374 e. The third-order valence-corrected chi connectivity index (χ3v) is 3.99. The second kappa shape index (κ2) is 8.82. The van der Waals surface area contributed by atoms with Crippen LogP contribution in [0.2, 0.25) is 0 Å². The van der Waals surface area contributed by atoms with Crippen molar-refractivity contribution in [2.45, 2.75) is 13.8 Å². The third kappa shape index (κ3) is 5.06. The predicted molar refractivity (Wildman–Crippen MR) is 109 cm³/mol. The van der Waals surface area contributed by atoms with Gasteiger partial charge in [-0.25, -0.2) is 4.98 Å². The number of nitro groups is 2. The fourth-order valence-electron chi connectivity index (χ4n) is 2.75. The minimum atomic E-state index is -0.756. The number of carbonyl (C=O) groups excluding carboxylic acids is 1. The van der Waals surface area contributed by atoms with Gasteiger partial charge in [-0.3, -0.25) is 35.9 Å². The molecule has 0 fully saturated rings. The van der Waals surface area contributed by atoms with Crippen LogP contribution in [0.25, 0.3) is 0 Å². The average molecular weight is 424 g/mol. The van der Waals surface area contributed by atoms with Crippen molar-refractivity contribution in [1.29, 1.82) is 0 Å². The molecule has 12 nitrogen and oxygen atoms in total. The number of ether oxygens (including phenoxy) is 1. The number of nitro benzene ring substituents is 1. The Morgan fingerprint density at radius 2 is 1.71 bits per heavy atom. The molecule has 2 aromatic carbocycles. The number of amides is 1. The number of nitrogens with zero attached hydrogens (tertiary/aromatic N) is 4. The van der Waals surface area contributed by atoms with E-state index < -0.39 is 21.4 Å². The van der Waals surface area contributed by atoms with E-state index in [2.05, 4.69) is 20.8 Å². The maximum absolute atomic E-state index is 12.3. The molecule has 0 radical (unpaired) electrons. The molecule has 0 saturated heterocycles. The average Bonchev–Trinajstić information content (AvgIpc) is 2.71. The summed E-state index contributed by atoms with van der Waals surface area (Å²) in [7, 11) is 0. The Balaban J connectivity index is 1.84. The summed E-state index contributed by atoms with van der Waals surface area (Å²) in [5, 5.41) is 22.5. The Hall–Kier alpha value is -4.61. The number of rotatable bonds is 7. The first-order chi connectivity index (χ1) is 14.7. The van der Waals surface area contributed by atoms with E-state index in [1.165, 1.54) is 18.2 Å². The zero-order valence-electron chi connectivity index (χ0n) is 16.4. The van der Waals surface area contributed by atoms with Gasteiger partial charge in [0.2, 0.25) is 5.82 Å². The van der Waals surface area contributed by atoms with Gasteiger partial charge in [-0.1, -0.05) is 12.1 Å². The molecule has 0 saturated carbocycles. The SMILES string of the molecule is Cc1cc(C)cc(Oc2ncnc(NNC(=O)c3cccc([N+](=O)[O-])c3)c2[N+](=O)[O-])c1. The molecular weight excluding hydrogens is 408 g/mol. The molecule has 12 heteroatoms. The Morgan fingerprint density at radius 1 is 1.00 bits per heavy atom. The lowest BCUT2D eigenvalue weighted by atomic mass is 10.1. The van der Waals surface area contributed by atoms with Gasteiger partial charge in [0.25, 0.3) is 11.6 Å². The fraction of sp³-hybridized carbons (Fsp3) is 0.105. The van der Waals surface area contributed by atoms with Crippen LogP contribution in [-0.2, 0) is 0 Å². The minimum Gasteiger partial charge on any atom is -0.434 e. The Kier molecular flexibility index (Phi) is 6.00. The molecule has 158 valence electrons. The molecule has 3 aromatic rings. The zero-order valence-corrected chi connectivity index (χ0v) is 16.4. The zero-order chi connectivity index (χ0) is 22.5. The van der Waals surface area contributed by atoms with Gasteiger partial charge in [-0.15, -0.1) is 0 Å². The Morgan fingerprint density at radius 3 is 2.35 bits per heavy atom. The molecule has 3 rings (SSSR count). The molecule has 0 unspecified atom stereocenters. The van der Waals surface area contributed by atoms with Crippen molar-refractivity contribution in [3.8, 4) is 11.6 Å². The van der Waals surface area contributed by atoms with Gasteiger partial charge in [-0.2, -0.15) is 4.98 Å². The number of hydrogen-bond acceptors (Lipinski definition) is 9. The van der Waals surface area contributed by atoms with Gasteiger partial charge < -0.3 is 4.74 Å². The lowest BCUT2D eigenvalue weighted by Gasteiger charge is -2.11. The van der Waals surface area contributed by atoms with E-state index in [0.717, 1.165) is 23.5 Å². The summed E-state index contributed by atoms with van der Waals surface area (Å²) in [6.45, 7) is 3.70. The number of anilines is 1. The highest BCUT2D eigenvalue weighted by Crippen LogP contribution is 2.34. The summed E-state index contributed by atoms with van der Waals surface area (Å²) < 4.78 is 5.59. The van der Waals surface area contributed by atoms with Crippen LogP contribution >= 0.6 is 0 Å². The summed E-state index contributed by atoms with van der Waals surface area (Å²) in [5.41, 5.74) is 5.47. The number of benzene rings is 2. The molecular formula is C19H16N6O6. The number of non-ortho nitro benzene ring substituents is 1. The van der Waals surface area contributed by atoms with Crippen LogP contribution in [0.4, 0.5) is 17.2 Å². The van der Waals surface area contributed by atoms with Crippen molar-refractivity contribution in [1.82, 2.24) is 15.4 Å². The molecule has 0 atom stereocenters. The van der Waals surface area contributed by atoms with Crippen LogP contribution < -0.4 is 15.6 Å². The molecule has 0 aliphatic carbocycles. The van der Waals surface area contributed by atoms with Crippen LogP contribution in [0.3, 0.4) is 0 Å². The number of aromatic nitrogens is 2. The van der Waals surface area contributed by atoms with E-state index in [9.17, 15) is 25.0 Å². The third-order valence-electron chi connectivity index (χ3n) is 3.99. The van der Waals surface area contributed by atoms with Crippen molar-refractivity contribution in [2.24, 2.45) is 0 Å². The quantitative estimate of drug-likeness (QED) is 0.427. The molecule has 1 aromatic heterocycles. The van der Waals surface area contributed by atoms with Crippen LogP contribution in [0.5, 0.6) is 11.6 Å². The standard InChI is InChI=1S/C19H16N6O6/c1-11-6-12(2)8-15(7-11)31-19-16(25(29)30)17(20-10-21-19)22-23-18(26)13-4-3-5-14(9-13)24(27)28/h3-10H,1-2H3,(H,23,26)(H,20,21,22). The second-order valence-electron chi connectivity index (χ2n) is 6.45. The first-order valence-electron chi connectivity index (χ1n) is 8.81. The maximum atomic E-state index is 12.3. The van der Waals surface area contributed by atoms with Gasteiger partial charge in [0, 0.05) is 17.7 Å². The van der Waals surface area contributed by atoms with Crippen LogP contribution in [-0.4, -0.2) is 25.7 Å². The fourth-order valence-corrected chi connectivity index (χ4v) is 2.75. The van der Waals surface area contributed by atoms with Gasteiger partial charge in [0.1, 0.15) is 12.1 Å². The van der Waals surface area contributed by atoms with Gasteiger partial charge in [0.05, 0.1) is 9.85 Å². The normalized spacial score (nSPS) is 10.3. The molecule has 0 spiro atoms. The Labute approximate surface area is 175 Å². The van der Waals surface area contributed by atoms with Gasteiger partial charge in [-0.05, 0) is 43.2 Å². The van der Waals surface area contributed by atoms with Gasteiger partial charge >= 0.3 is 11.6 Å². The summed E-state index contributed by atoms with van der Waals surface area (Å²) in [6, 6.07) is 10.3. The number of hydrazine groups is 1. The summed E-state index contributed by atoms with van der Waals surface area (Å²) in [6.07, 6.45) is 1.03. The van der Waals surface area contributed by atoms with E-state index >= 15 is 0 Å². The molecule has 1 amide bonds. The molecule has 0 aliphatic heterocycles. The first-order valence-corrected chi connectivity index (χ1v) is 8.81. The lowest BCUT2D eigenvalue weighted by molar-refractivity contribution is -0.385. The van der Waals surface area contributed by atoms with Crippen LogP contribution in [0.1, 0.15) is 21.5 Å². The van der Waals surface area contributed by atoms with Crippen molar-refractivity contribution >= 4 is 23.1 Å². The highest BCUT2D eigenvalue weighted by atomic mass is 16.6. The van der Waals surface area contributed by atoms with E-state index in [4.69, 9.17) is 4.74 Å². The minimum absolute atomic E-state index is 0.0230. The molecule has 0 bridgehead atoms. The monoisotopic (exact) mass is 424 g/mol. The number of nitrogens with one attached hydrogen (secondary N) is 2. The van der Waals surface area contributed by atoms with Crippen LogP contribution in [0.15, 0.2) is 48.8 Å². The number of carbonyl (C=O) groups is 1. The molecule has 0 aliphatic rings. The van der Waals surface area contributed by atoms with Crippen molar-refractivity contribution < 1.29 is 19.4 Å². The van der Waals surface area contributed by atoms with Crippen molar-refractivity contribution in [3.63, 3.8) is 0 Å². The van der Waals surface area contributed by atoms with Crippen LogP contribution in [0, 0.1) is 34.1 Å².